The highest BCUT2D eigenvalue weighted by atomic mass is 16.2. The predicted octanol–water partition coefficient (Wildman–Crippen LogP) is 1.37. The van der Waals surface area contributed by atoms with Crippen molar-refractivity contribution < 1.29 is 0 Å². The van der Waals surface area contributed by atoms with Crippen molar-refractivity contribution in [3.05, 3.63) is 62.9 Å². The van der Waals surface area contributed by atoms with Gasteiger partial charge in [-0.15, -0.1) is 5.92 Å². The van der Waals surface area contributed by atoms with Crippen molar-refractivity contribution in [1.82, 2.24) is 18.7 Å². The summed E-state index contributed by atoms with van der Waals surface area (Å²) in [5, 5.41) is 12.4. The number of para-hydroxylation sites is 1. The van der Waals surface area contributed by atoms with Crippen LogP contribution in [0, 0.1) is 23.2 Å². The Morgan fingerprint density at radius 2 is 2.06 bits per heavy atom. The third-order valence-electron chi connectivity index (χ3n) is 6.01. The maximum absolute atomic E-state index is 13.7. The first-order valence-electron chi connectivity index (χ1n) is 11.5. The molecule has 1 aliphatic heterocycles. The van der Waals surface area contributed by atoms with Crippen molar-refractivity contribution in [2.24, 2.45) is 12.8 Å². The summed E-state index contributed by atoms with van der Waals surface area (Å²) in [5.41, 5.74) is 6.94. The van der Waals surface area contributed by atoms with E-state index in [4.69, 9.17) is 10.7 Å². The van der Waals surface area contributed by atoms with Crippen LogP contribution in [0.15, 0.2) is 51.7 Å². The number of aryl methyl sites for hydroxylation is 1. The highest BCUT2D eigenvalue weighted by Gasteiger charge is 2.26. The first-order chi connectivity index (χ1) is 16.9. The van der Waals surface area contributed by atoms with Gasteiger partial charge in [-0.1, -0.05) is 24.1 Å². The van der Waals surface area contributed by atoms with Gasteiger partial charge in [0, 0.05) is 43.6 Å². The number of anilines is 2. The van der Waals surface area contributed by atoms with Gasteiger partial charge in [0.05, 0.1) is 19.2 Å². The lowest BCUT2D eigenvalue weighted by molar-refractivity contribution is 0.496. The van der Waals surface area contributed by atoms with Crippen molar-refractivity contribution in [3.8, 4) is 17.9 Å². The second kappa shape index (κ2) is 10.3. The van der Waals surface area contributed by atoms with Crippen molar-refractivity contribution in [3.63, 3.8) is 0 Å². The maximum Gasteiger partial charge on any atom is 0.332 e. The molecule has 35 heavy (non-hydrogen) atoms. The molecule has 0 saturated carbocycles. The zero-order valence-electron chi connectivity index (χ0n) is 19.9. The van der Waals surface area contributed by atoms with Crippen molar-refractivity contribution in [2.45, 2.75) is 38.9 Å². The van der Waals surface area contributed by atoms with E-state index in [1.807, 2.05) is 36.4 Å². The van der Waals surface area contributed by atoms with Crippen molar-refractivity contribution >= 4 is 22.8 Å². The average Bonchev–Trinajstić information content (AvgIpc) is 3.24. The number of rotatable bonds is 6. The van der Waals surface area contributed by atoms with Crippen molar-refractivity contribution in [2.75, 3.05) is 23.3 Å². The van der Waals surface area contributed by atoms with Crippen molar-refractivity contribution in [1.29, 1.82) is 5.26 Å². The molecule has 1 aliphatic rings. The number of aromatic nitrogens is 4. The molecule has 3 N–H and O–H groups in total. The minimum Gasteiger partial charge on any atom is -0.357 e. The second-order valence-electron chi connectivity index (χ2n) is 8.47. The lowest BCUT2D eigenvalue weighted by Crippen LogP contribution is -2.44. The fourth-order valence-corrected chi connectivity index (χ4v) is 4.32. The average molecular weight is 473 g/mol. The number of benzene rings is 1. The number of piperidine rings is 1. The zero-order chi connectivity index (χ0) is 24.9. The van der Waals surface area contributed by atoms with Crippen LogP contribution in [-0.4, -0.2) is 37.8 Å². The predicted molar refractivity (Wildman–Crippen MR) is 136 cm³/mol. The van der Waals surface area contributed by atoms with Crippen LogP contribution in [0.2, 0.25) is 0 Å². The molecule has 0 aliphatic carbocycles. The summed E-state index contributed by atoms with van der Waals surface area (Å²) in [6, 6.07) is 11.3. The molecular formula is C25H28N8O2. The van der Waals surface area contributed by atoms with Crippen LogP contribution >= 0.6 is 0 Å². The summed E-state index contributed by atoms with van der Waals surface area (Å²) in [6.45, 7) is 3.26. The standard InChI is InChI=1S/C25H28N8O2/c1-3-4-15-32-21-22(29-24(32)31-14-8-9-18(27)16-31)30(2)25(35)33(23(21)34)17-20(12-13-26)28-19-10-6-5-7-11-19/h5-7,10-12,18,28H,8-9,14-17,27H2,1-2H3. The molecule has 0 spiro atoms. The number of nitriles is 1. The van der Waals surface area contributed by atoms with Crippen LogP contribution in [0.25, 0.3) is 11.2 Å². The molecule has 3 aromatic rings. The monoisotopic (exact) mass is 472 g/mol. The van der Waals surface area contributed by atoms with E-state index in [1.165, 1.54) is 10.6 Å². The minimum atomic E-state index is -0.519. The third-order valence-corrected chi connectivity index (χ3v) is 6.01. The van der Waals surface area contributed by atoms with Gasteiger partial charge in [0.25, 0.3) is 5.56 Å². The van der Waals surface area contributed by atoms with Gasteiger partial charge in [-0.05, 0) is 31.9 Å². The lowest BCUT2D eigenvalue weighted by Gasteiger charge is -2.31. The minimum absolute atomic E-state index is 0.0116. The van der Waals surface area contributed by atoms with Gasteiger partial charge in [0.2, 0.25) is 5.95 Å². The number of allylic oxidation sites excluding steroid dienone is 2. The number of fused-ring (bicyclic) bond motifs is 1. The maximum atomic E-state index is 13.7. The molecule has 1 unspecified atom stereocenters. The van der Waals surface area contributed by atoms with Gasteiger partial charge >= 0.3 is 5.69 Å². The van der Waals surface area contributed by atoms with E-state index < -0.39 is 11.2 Å². The third kappa shape index (κ3) is 4.84. The summed E-state index contributed by atoms with van der Waals surface area (Å²) < 4.78 is 4.25. The van der Waals surface area contributed by atoms with Gasteiger partial charge in [-0.3, -0.25) is 18.5 Å². The molecule has 4 rings (SSSR count). The molecule has 10 nitrogen and oxygen atoms in total. The van der Waals surface area contributed by atoms with Crippen LogP contribution < -0.4 is 27.2 Å². The molecule has 1 fully saturated rings. The largest absolute Gasteiger partial charge is 0.357 e. The number of nitrogens with two attached hydrogens (primary N) is 1. The van der Waals surface area contributed by atoms with Gasteiger partial charge in [0.1, 0.15) is 0 Å². The van der Waals surface area contributed by atoms with E-state index in [1.54, 1.807) is 18.5 Å². The molecule has 3 heterocycles. The van der Waals surface area contributed by atoms with Crippen LogP contribution in [0.3, 0.4) is 0 Å². The molecule has 0 radical (unpaired) electrons. The molecule has 180 valence electrons. The number of imidazole rings is 1. The molecule has 1 aromatic carbocycles. The van der Waals surface area contributed by atoms with E-state index in [2.05, 4.69) is 22.1 Å². The van der Waals surface area contributed by atoms with Crippen LogP contribution in [0.1, 0.15) is 19.8 Å². The van der Waals surface area contributed by atoms with Crippen LogP contribution in [0.5, 0.6) is 0 Å². The van der Waals surface area contributed by atoms with E-state index in [0.717, 1.165) is 29.6 Å². The molecule has 10 heteroatoms. The Morgan fingerprint density at radius 3 is 2.74 bits per heavy atom. The molecule has 1 saturated heterocycles. The Balaban J connectivity index is 1.85. The Bertz CT molecular complexity index is 1480. The SMILES string of the molecule is CC#CCn1c(N2CCCC(N)C2)nc2c1c(=O)n(CC(=CC#N)Nc1ccccc1)c(=O)n2C. The summed E-state index contributed by atoms with van der Waals surface area (Å²) in [4.78, 5) is 33.7. The molecule has 0 amide bonds. The molecule has 2 aromatic heterocycles. The van der Waals surface area contributed by atoms with E-state index in [9.17, 15) is 14.9 Å². The zero-order valence-corrected chi connectivity index (χ0v) is 19.9. The quantitative estimate of drug-likeness (QED) is 0.410. The number of hydrogen-bond acceptors (Lipinski definition) is 7. The Labute approximate surface area is 202 Å². The Kier molecular flexibility index (Phi) is 7.04. The summed E-state index contributed by atoms with van der Waals surface area (Å²) >= 11 is 0. The fourth-order valence-electron chi connectivity index (χ4n) is 4.32. The Morgan fingerprint density at radius 1 is 1.29 bits per heavy atom. The highest BCUT2D eigenvalue weighted by molar-refractivity contribution is 5.75. The molecular weight excluding hydrogens is 444 g/mol. The summed E-state index contributed by atoms with van der Waals surface area (Å²) in [7, 11) is 1.59. The first-order valence-corrected chi connectivity index (χ1v) is 11.5. The highest BCUT2D eigenvalue weighted by Crippen LogP contribution is 2.23. The topological polar surface area (TPSA) is 127 Å². The Hall–Kier alpha value is -4.28. The normalized spacial score (nSPS) is 16.0. The first kappa shape index (κ1) is 23.9. The van der Waals surface area contributed by atoms with E-state index in [-0.39, 0.29) is 19.1 Å². The lowest BCUT2D eigenvalue weighted by atomic mass is 10.1. The molecule has 0 bridgehead atoms. The van der Waals surface area contributed by atoms with Gasteiger partial charge < -0.3 is 16.0 Å². The number of hydrogen-bond donors (Lipinski definition) is 2. The summed E-state index contributed by atoms with van der Waals surface area (Å²) in [5.74, 6) is 6.47. The number of nitrogens with zero attached hydrogens (tertiary/aromatic N) is 6. The van der Waals surface area contributed by atoms with Crippen LogP contribution in [-0.2, 0) is 20.1 Å². The van der Waals surface area contributed by atoms with Gasteiger partial charge in [-0.25, -0.2) is 4.79 Å². The second-order valence-corrected chi connectivity index (χ2v) is 8.47. The van der Waals surface area contributed by atoms with Gasteiger partial charge in [-0.2, -0.15) is 10.2 Å². The van der Waals surface area contributed by atoms with Crippen LogP contribution in [0.4, 0.5) is 11.6 Å². The summed E-state index contributed by atoms with van der Waals surface area (Å²) in [6.07, 6.45) is 3.14. The van der Waals surface area contributed by atoms with E-state index in [0.29, 0.717) is 29.4 Å². The smallest absolute Gasteiger partial charge is 0.332 e. The molecule has 1 atom stereocenters. The number of nitrogens with one attached hydrogen (secondary N) is 1. The van der Waals surface area contributed by atoms with E-state index >= 15 is 0 Å². The van der Waals surface area contributed by atoms with Gasteiger partial charge in [0.15, 0.2) is 11.2 Å². The fraction of sp³-hybridized carbons (Fsp3) is 0.360.